The van der Waals surface area contributed by atoms with Crippen LogP contribution in [-0.2, 0) is 4.74 Å². The molecule has 3 rings (SSSR count). The molecule has 1 aliphatic rings. The number of amides is 1. The number of carbonyl (C=O) groups is 1. The SMILES string of the molecule is NCCCOC1CCN(C(=O)c2cncn2-c2ccc(F)cc2)CC1. The van der Waals surface area contributed by atoms with Crippen LogP contribution in [0.3, 0.4) is 0 Å². The molecule has 1 aliphatic heterocycles. The van der Waals surface area contributed by atoms with Crippen molar-refractivity contribution in [3.8, 4) is 5.69 Å². The average Bonchev–Trinajstić information content (AvgIpc) is 3.12. The van der Waals surface area contributed by atoms with Gasteiger partial charge in [-0.3, -0.25) is 9.36 Å². The largest absolute Gasteiger partial charge is 0.378 e. The van der Waals surface area contributed by atoms with Gasteiger partial charge in [-0.25, -0.2) is 9.37 Å². The molecule has 0 spiro atoms. The maximum atomic E-state index is 13.1. The number of hydrogen-bond donors (Lipinski definition) is 1. The highest BCUT2D eigenvalue weighted by molar-refractivity contribution is 5.93. The molecule has 0 bridgehead atoms. The lowest BCUT2D eigenvalue weighted by atomic mass is 10.1. The molecule has 0 atom stereocenters. The normalized spacial score (nSPS) is 15.5. The van der Waals surface area contributed by atoms with E-state index in [2.05, 4.69) is 4.98 Å². The third kappa shape index (κ3) is 4.24. The van der Waals surface area contributed by atoms with E-state index < -0.39 is 0 Å². The number of halogens is 1. The highest BCUT2D eigenvalue weighted by Gasteiger charge is 2.26. The van der Waals surface area contributed by atoms with Crippen molar-refractivity contribution >= 4 is 5.91 Å². The monoisotopic (exact) mass is 346 g/mol. The number of benzene rings is 1. The number of rotatable bonds is 6. The van der Waals surface area contributed by atoms with E-state index >= 15 is 0 Å². The molecule has 0 radical (unpaired) electrons. The molecular formula is C18H23FN4O2. The molecule has 134 valence electrons. The second kappa shape index (κ2) is 8.22. The lowest BCUT2D eigenvalue weighted by Gasteiger charge is -2.32. The van der Waals surface area contributed by atoms with Gasteiger partial charge in [-0.05, 0) is 50.1 Å². The van der Waals surface area contributed by atoms with Crippen molar-refractivity contribution < 1.29 is 13.9 Å². The van der Waals surface area contributed by atoms with Gasteiger partial charge in [0.05, 0.1) is 18.6 Å². The van der Waals surface area contributed by atoms with Gasteiger partial charge in [0, 0.05) is 25.4 Å². The highest BCUT2D eigenvalue weighted by atomic mass is 19.1. The molecule has 1 aromatic carbocycles. The standard InChI is InChI=1S/C18H23FN4O2/c19-14-2-4-15(5-3-14)23-13-21-12-17(23)18(24)22-9-6-16(7-10-22)25-11-1-8-20/h2-5,12-13,16H,1,6-11,20H2. The number of aromatic nitrogens is 2. The lowest BCUT2D eigenvalue weighted by molar-refractivity contribution is 0.00823. The molecule has 0 unspecified atom stereocenters. The second-order valence-corrected chi connectivity index (χ2v) is 6.13. The van der Waals surface area contributed by atoms with Gasteiger partial charge in [-0.2, -0.15) is 0 Å². The fraction of sp³-hybridized carbons (Fsp3) is 0.444. The summed E-state index contributed by atoms with van der Waals surface area (Å²) in [5.74, 6) is -0.379. The van der Waals surface area contributed by atoms with E-state index in [9.17, 15) is 9.18 Å². The van der Waals surface area contributed by atoms with Crippen LogP contribution in [0.1, 0.15) is 29.8 Å². The smallest absolute Gasteiger partial charge is 0.272 e. The average molecular weight is 346 g/mol. The fourth-order valence-electron chi connectivity index (χ4n) is 2.98. The summed E-state index contributed by atoms with van der Waals surface area (Å²) < 4.78 is 20.6. The molecule has 1 saturated heterocycles. The summed E-state index contributed by atoms with van der Waals surface area (Å²) >= 11 is 0. The summed E-state index contributed by atoms with van der Waals surface area (Å²) in [7, 11) is 0. The fourth-order valence-corrected chi connectivity index (χ4v) is 2.98. The summed E-state index contributed by atoms with van der Waals surface area (Å²) in [5, 5.41) is 0. The molecule has 1 aromatic heterocycles. The minimum atomic E-state index is -0.312. The quantitative estimate of drug-likeness (QED) is 0.812. The number of carbonyl (C=O) groups excluding carboxylic acids is 1. The van der Waals surface area contributed by atoms with Crippen molar-refractivity contribution in [2.75, 3.05) is 26.2 Å². The summed E-state index contributed by atoms with van der Waals surface area (Å²) in [6, 6.07) is 6.00. The molecule has 0 saturated carbocycles. The van der Waals surface area contributed by atoms with Crippen molar-refractivity contribution in [3.05, 3.63) is 48.3 Å². The molecule has 0 aliphatic carbocycles. The van der Waals surface area contributed by atoms with Crippen LogP contribution in [0.15, 0.2) is 36.8 Å². The second-order valence-electron chi connectivity index (χ2n) is 6.13. The maximum Gasteiger partial charge on any atom is 0.272 e. The van der Waals surface area contributed by atoms with Crippen LogP contribution in [0.5, 0.6) is 0 Å². The van der Waals surface area contributed by atoms with Crippen molar-refractivity contribution in [2.24, 2.45) is 5.73 Å². The Morgan fingerprint density at radius 2 is 2.00 bits per heavy atom. The number of piperidine rings is 1. The first-order valence-corrected chi connectivity index (χ1v) is 8.58. The van der Waals surface area contributed by atoms with Crippen molar-refractivity contribution in [2.45, 2.75) is 25.4 Å². The van der Waals surface area contributed by atoms with E-state index in [-0.39, 0.29) is 17.8 Å². The first-order chi connectivity index (χ1) is 12.2. The number of hydrogen-bond acceptors (Lipinski definition) is 4. The van der Waals surface area contributed by atoms with Gasteiger partial charge in [-0.15, -0.1) is 0 Å². The molecule has 2 N–H and O–H groups in total. The topological polar surface area (TPSA) is 73.4 Å². The lowest BCUT2D eigenvalue weighted by Crippen LogP contribution is -2.41. The third-order valence-corrected chi connectivity index (χ3v) is 4.39. The minimum absolute atomic E-state index is 0.0674. The van der Waals surface area contributed by atoms with Gasteiger partial charge in [0.25, 0.3) is 5.91 Å². The zero-order valence-corrected chi connectivity index (χ0v) is 14.1. The third-order valence-electron chi connectivity index (χ3n) is 4.39. The Balaban J connectivity index is 1.63. The van der Waals surface area contributed by atoms with E-state index in [1.165, 1.54) is 12.1 Å². The zero-order valence-electron chi connectivity index (χ0n) is 14.1. The Morgan fingerprint density at radius 1 is 1.28 bits per heavy atom. The molecular weight excluding hydrogens is 323 g/mol. The molecule has 1 amide bonds. The zero-order chi connectivity index (χ0) is 17.6. The summed E-state index contributed by atoms with van der Waals surface area (Å²) in [4.78, 5) is 18.7. The number of nitrogens with two attached hydrogens (primary N) is 1. The van der Waals surface area contributed by atoms with E-state index in [1.54, 1.807) is 29.2 Å². The van der Waals surface area contributed by atoms with Crippen LogP contribution in [-0.4, -0.2) is 52.7 Å². The van der Waals surface area contributed by atoms with Gasteiger partial charge in [0.1, 0.15) is 11.5 Å². The number of imidazole rings is 1. The van der Waals surface area contributed by atoms with Crippen LogP contribution in [0.2, 0.25) is 0 Å². The van der Waals surface area contributed by atoms with Crippen LogP contribution >= 0.6 is 0 Å². The van der Waals surface area contributed by atoms with E-state index in [0.717, 1.165) is 19.3 Å². The molecule has 7 heteroatoms. The van der Waals surface area contributed by atoms with Gasteiger partial charge >= 0.3 is 0 Å². The van der Waals surface area contributed by atoms with Gasteiger partial charge in [0.15, 0.2) is 0 Å². The Labute approximate surface area is 146 Å². The van der Waals surface area contributed by atoms with Crippen molar-refractivity contribution in [3.63, 3.8) is 0 Å². The van der Waals surface area contributed by atoms with Crippen molar-refractivity contribution in [1.29, 1.82) is 0 Å². The predicted molar refractivity (Wildman–Crippen MR) is 92.1 cm³/mol. The van der Waals surface area contributed by atoms with Gasteiger partial charge < -0.3 is 15.4 Å². The molecule has 2 aromatic rings. The molecule has 25 heavy (non-hydrogen) atoms. The molecule has 6 nitrogen and oxygen atoms in total. The Kier molecular flexibility index (Phi) is 5.78. The minimum Gasteiger partial charge on any atom is -0.378 e. The van der Waals surface area contributed by atoms with Crippen LogP contribution in [0, 0.1) is 5.82 Å². The molecule has 1 fully saturated rings. The van der Waals surface area contributed by atoms with Gasteiger partial charge in [-0.1, -0.05) is 0 Å². The van der Waals surface area contributed by atoms with Crippen LogP contribution in [0.25, 0.3) is 5.69 Å². The number of nitrogens with zero attached hydrogens (tertiary/aromatic N) is 3. The first-order valence-electron chi connectivity index (χ1n) is 8.58. The van der Waals surface area contributed by atoms with Gasteiger partial charge in [0.2, 0.25) is 0 Å². The summed E-state index contributed by atoms with van der Waals surface area (Å²) in [6.45, 7) is 2.61. The Hall–Kier alpha value is -2.25. The van der Waals surface area contributed by atoms with E-state index in [0.29, 0.717) is 37.6 Å². The summed E-state index contributed by atoms with van der Waals surface area (Å²) in [6.07, 6.45) is 5.81. The van der Waals surface area contributed by atoms with E-state index in [1.807, 2.05) is 4.90 Å². The predicted octanol–water partition coefficient (Wildman–Crippen LogP) is 1.98. The van der Waals surface area contributed by atoms with Crippen LogP contribution < -0.4 is 5.73 Å². The molecule has 2 heterocycles. The first kappa shape index (κ1) is 17.6. The summed E-state index contributed by atoms with van der Waals surface area (Å²) in [5.41, 5.74) is 6.66. The Bertz CT molecular complexity index is 693. The van der Waals surface area contributed by atoms with E-state index in [4.69, 9.17) is 10.5 Å². The maximum absolute atomic E-state index is 13.1. The van der Waals surface area contributed by atoms with Crippen molar-refractivity contribution in [1.82, 2.24) is 14.5 Å². The van der Waals surface area contributed by atoms with Crippen LogP contribution in [0.4, 0.5) is 4.39 Å². The number of likely N-dealkylation sites (tertiary alicyclic amines) is 1. The number of ether oxygens (including phenoxy) is 1. The Morgan fingerprint density at radius 3 is 2.68 bits per heavy atom. The highest BCUT2D eigenvalue weighted by Crippen LogP contribution is 2.18.